The standard InChI is InChI=1S/2C35H36O.CH4/c1-17-19(3)25(9)32-30(21(17)5)23(7)24(8)31-22(6)18(2)20(4)26(10)33(31)35(32)15-13-27-11-12-29-28(34(27)35)14-16-36-29;1-17-19(3)25(9)31-29(21(17)5)23(7)24(8)30-22(6)18(2)20(4)26(10)32(30)35(31)15-13-27-11-12-28-14-16-36-34(28)33(27)35;/h2*11-16H,1-10H3;1H4. The summed E-state index contributed by atoms with van der Waals surface area (Å²) >= 11 is 0. The van der Waals surface area contributed by atoms with Crippen LogP contribution in [0.4, 0.5) is 0 Å². The minimum Gasteiger partial charge on any atom is -0.464 e. The van der Waals surface area contributed by atoms with Crippen molar-refractivity contribution in [3.05, 3.63) is 217 Å². The molecule has 2 heterocycles. The van der Waals surface area contributed by atoms with Gasteiger partial charge < -0.3 is 8.83 Å². The number of furan rings is 2. The van der Waals surface area contributed by atoms with E-state index in [1.807, 2.05) is 12.5 Å². The SMILES string of the molecule is C.CC1=C(C)c2c(C)c(C)c(C)c(C)c2C2(C=Cc3ccc4ccoc4c32)c2c(C)c(C)c(C)c(C)c21.CC1=C(C)c2c(C)c(C)c(C)c(C)c2C2(C=Cc3ccc4occc4c32)c2c(C)c(C)c(C)c(C)c21. The molecule has 0 N–H and O–H groups in total. The fourth-order valence-corrected chi connectivity index (χ4v) is 14.8. The molecule has 2 heteroatoms. The van der Waals surface area contributed by atoms with E-state index in [1.54, 1.807) is 0 Å². The Hall–Kier alpha value is -6.64. The van der Waals surface area contributed by atoms with Crippen molar-refractivity contribution in [3.8, 4) is 0 Å². The molecule has 73 heavy (non-hydrogen) atoms. The summed E-state index contributed by atoms with van der Waals surface area (Å²) in [6, 6.07) is 13.1. The Kier molecular flexibility index (Phi) is 11.4. The summed E-state index contributed by atoms with van der Waals surface area (Å²) in [5.74, 6) is 0. The number of benzene rings is 6. The molecule has 0 aliphatic heterocycles. The zero-order valence-electron chi connectivity index (χ0n) is 46.7. The first kappa shape index (κ1) is 49.9. The molecule has 6 aromatic carbocycles. The van der Waals surface area contributed by atoms with Crippen LogP contribution >= 0.6 is 0 Å². The van der Waals surface area contributed by atoms with Crippen molar-refractivity contribution in [2.24, 2.45) is 0 Å². The third kappa shape index (κ3) is 6.10. The van der Waals surface area contributed by atoms with Crippen LogP contribution in [0.3, 0.4) is 0 Å². The Labute approximate surface area is 436 Å². The lowest BCUT2D eigenvalue weighted by Gasteiger charge is -2.38. The molecule has 8 aromatic rings. The summed E-state index contributed by atoms with van der Waals surface area (Å²) < 4.78 is 12.3. The molecule has 0 amide bonds. The monoisotopic (exact) mass is 961 g/mol. The molecule has 2 aromatic heterocycles. The van der Waals surface area contributed by atoms with Gasteiger partial charge in [0.2, 0.25) is 0 Å². The maximum absolute atomic E-state index is 6.31. The van der Waals surface area contributed by atoms with Gasteiger partial charge in [0.1, 0.15) is 11.2 Å². The summed E-state index contributed by atoms with van der Waals surface area (Å²) in [5, 5.41) is 2.39. The molecule has 0 atom stereocenters. The highest BCUT2D eigenvalue weighted by Crippen LogP contribution is 2.61. The first-order chi connectivity index (χ1) is 34.1. The highest BCUT2D eigenvalue weighted by Gasteiger charge is 2.50. The molecule has 372 valence electrons. The van der Waals surface area contributed by atoms with Gasteiger partial charge in [0.15, 0.2) is 0 Å². The van der Waals surface area contributed by atoms with Gasteiger partial charge in [0.05, 0.1) is 23.4 Å². The van der Waals surface area contributed by atoms with E-state index in [1.165, 1.54) is 189 Å². The van der Waals surface area contributed by atoms with Crippen LogP contribution in [-0.2, 0) is 10.8 Å². The van der Waals surface area contributed by atoms with Crippen molar-refractivity contribution >= 4 is 56.4 Å². The van der Waals surface area contributed by atoms with Gasteiger partial charge in [-0.15, -0.1) is 0 Å². The predicted molar refractivity (Wildman–Crippen MR) is 315 cm³/mol. The van der Waals surface area contributed by atoms with Gasteiger partial charge in [-0.05, 0) is 329 Å². The summed E-state index contributed by atoms with van der Waals surface area (Å²) in [7, 11) is 0. The lowest BCUT2D eigenvalue weighted by molar-refractivity contribution is 0.603. The molecule has 0 saturated carbocycles. The molecule has 4 aliphatic rings. The van der Waals surface area contributed by atoms with Crippen LogP contribution < -0.4 is 0 Å². The molecular formula is C71H76O2. The second-order valence-electron chi connectivity index (χ2n) is 22.5. The maximum atomic E-state index is 6.31. The van der Waals surface area contributed by atoms with Gasteiger partial charge in [0, 0.05) is 16.3 Å². The van der Waals surface area contributed by atoms with Crippen molar-refractivity contribution in [1.29, 1.82) is 0 Å². The largest absolute Gasteiger partial charge is 0.464 e. The van der Waals surface area contributed by atoms with Crippen molar-refractivity contribution < 1.29 is 8.83 Å². The quantitative estimate of drug-likeness (QED) is 0.151. The normalized spacial score (nSPS) is 15.3. The predicted octanol–water partition coefficient (Wildman–Crippen LogP) is 19.7. The Bertz CT molecular complexity index is 3530. The molecule has 0 fully saturated rings. The van der Waals surface area contributed by atoms with Gasteiger partial charge in [0.25, 0.3) is 0 Å². The molecule has 0 bridgehead atoms. The average Bonchev–Trinajstić information content (AvgIpc) is 4.19. The summed E-state index contributed by atoms with van der Waals surface area (Å²) in [6.07, 6.45) is 13.4. The number of fused-ring (bicyclic) bond motifs is 16. The Morgan fingerprint density at radius 2 is 0.630 bits per heavy atom. The maximum Gasteiger partial charge on any atom is 0.139 e. The molecule has 0 saturated heterocycles. The third-order valence-corrected chi connectivity index (χ3v) is 20.1. The average molecular weight is 961 g/mol. The fraction of sp³-hybridized carbons (Fsp3) is 0.324. The first-order valence-electron chi connectivity index (χ1n) is 26.3. The number of hydrogen-bond acceptors (Lipinski definition) is 2. The Balaban J connectivity index is 0.000000165. The molecular weight excluding hydrogens is 885 g/mol. The smallest absolute Gasteiger partial charge is 0.139 e. The van der Waals surface area contributed by atoms with E-state index in [0.29, 0.717) is 0 Å². The molecule has 4 aliphatic carbocycles. The van der Waals surface area contributed by atoms with Crippen LogP contribution in [0.5, 0.6) is 0 Å². The Morgan fingerprint density at radius 1 is 0.301 bits per heavy atom. The van der Waals surface area contributed by atoms with Crippen LogP contribution in [0, 0.1) is 111 Å². The molecule has 0 unspecified atom stereocenters. The summed E-state index contributed by atoms with van der Waals surface area (Å²) in [4.78, 5) is 0. The van der Waals surface area contributed by atoms with E-state index >= 15 is 0 Å². The Morgan fingerprint density at radius 3 is 1.03 bits per heavy atom. The van der Waals surface area contributed by atoms with E-state index in [4.69, 9.17) is 8.83 Å². The topological polar surface area (TPSA) is 26.3 Å². The lowest BCUT2D eigenvalue weighted by Crippen LogP contribution is -2.31. The van der Waals surface area contributed by atoms with Crippen LogP contribution in [0.15, 0.2) is 69.9 Å². The van der Waals surface area contributed by atoms with Gasteiger partial charge >= 0.3 is 0 Å². The zero-order valence-corrected chi connectivity index (χ0v) is 46.7. The molecule has 0 radical (unpaired) electrons. The van der Waals surface area contributed by atoms with Crippen molar-refractivity contribution in [1.82, 2.24) is 0 Å². The molecule has 12 rings (SSSR count). The highest BCUT2D eigenvalue weighted by molar-refractivity contribution is 6.03. The van der Waals surface area contributed by atoms with E-state index in [2.05, 4.69) is 199 Å². The second-order valence-corrected chi connectivity index (χ2v) is 22.5. The molecule has 2 nitrogen and oxygen atoms in total. The number of hydrogen-bond donors (Lipinski definition) is 0. The van der Waals surface area contributed by atoms with Gasteiger partial charge in [-0.2, -0.15) is 0 Å². The van der Waals surface area contributed by atoms with E-state index in [0.717, 1.165) is 11.2 Å². The highest BCUT2D eigenvalue weighted by atomic mass is 16.3. The third-order valence-electron chi connectivity index (χ3n) is 20.1. The fourth-order valence-electron chi connectivity index (χ4n) is 14.8. The van der Waals surface area contributed by atoms with Crippen LogP contribution in [0.2, 0.25) is 0 Å². The lowest BCUT2D eigenvalue weighted by atomic mass is 9.63. The first-order valence-corrected chi connectivity index (χ1v) is 26.3. The van der Waals surface area contributed by atoms with Gasteiger partial charge in [-0.25, -0.2) is 0 Å². The summed E-state index contributed by atoms with van der Waals surface area (Å²) in [5.41, 5.74) is 45.8. The van der Waals surface area contributed by atoms with Crippen molar-refractivity contribution in [2.75, 3.05) is 0 Å². The van der Waals surface area contributed by atoms with E-state index in [9.17, 15) is 0 Å². The van der Waals surface area contributed by atoms with Crippen LogP contribution in [-0.4, -0.2) is 0 Å². The second kappa shape index (κ2) is 16.7. The van der Waals surface area contributed by atoms with Crippen molar-refractivity contribution in [3.63, 3.8) is 0 Å². The van der Waals surface area contributed by atoms with Crippen molar-refractivity contribution in [2.45, 2.75) is 157 Å². The minimum absolute atomic E-state index is 0. The van der Waals surface area contributed by atoms with Gasteiger partial charge in [-0.1, -0.05) is 49.9 Å². The van der Waals surface area contributed by atoms with E-state index < -0.39 is 5.41 Å². The summed E-state index contributed by atoms with van der Waals surface area (Å²) in [6.45, 7) is 46.4. The van der Waals surface area contributed by atoms with E-state index in [-0.39, 0.29) is 12.8 Å². The zero-order chi connectivity index (χ0) is 51.7. The molecule has 2 spiro atoms. The number of allylic oxidation sites excluding steroid dienone is 6. The van der Waals surface area contributed by atoms with Crippen LogP contribution in [0.1, 0.15) is 191 Å². The van der Waals surface area contributed by atoms with Gasteiger partial charge in [-0.3, -0.25) is 0 Å². The minimum atomic E-state index is -0.420. The number of rotatable bonds is 0. The van der Waals surface area contributed by atoms with Crippen LogP contribution in [0.25, 0.3) is 56.4 Å².